The minimum Gasteiger partial charge on any atom is -0.504 e. The normalized spacial score (nSPS) is 9.54. The number of phenols is 2. The molecule has 0 aliphatic heterocycles. The van der Waals surface area contributed by atoms with Gasteiger partial charge in [0.05, 0.1) is 0 Å². The summed E-state index contributed by atoms with van der Waals surface area (Å²) in [5, 5.41) is 19.9. The maximum atomic E-state index is 9.37. The van der Waals surface area contributed by atoms with Crippen LogP contribution in [0.5, 0.6) is 11.5 Å². The van der Waals surface area contributed by atoms with Crippen LogP contribution < -0.4 is 0 Å². The van der Waals surface area contributed by atoms with Gasteiger partial charge in [-0.2, -0.15) is 0 Å². The first-order chi connectivity index (χ1) is 5.79. The van der Waals surface area contributed by atoms with Crippen molar-refractivity contribution in [2.75, 3.05) is 0 Å². The molecule has 13 heavy (non-hydrogen) atoms. The summed E-state index contributed by atoms with van der Waals surface area (Å²) < 4.78 is 0. The van der Waals surface area contributed by atoms with Gasteiger partial charge in [0.25, 0.3) is 0 Å². The molecule has 0 unspecified atom stereocenters. The number of halogens is 1. The predicted octanol–water partition coefficient (Wildman–Crippen LogP) is 2.22. The molecule has 68 valence electrons. The van der Waals surface area contributed by atoms with Crippen molar-refractivity contribution in [1.82, 2.24) is 4.98 Å². The van der Waals surface area contributed by atoms with Crippen LogP contribution in [0, 0.1) is 0 Å². The molecule has 0 saturated carbocycles. The fraction of sp³-hybridized carbons (Fsp3) is 0. The average Bonchev–Trinajstić information content (AvgIpc) is 2.12. The summed E-state index contributed by atoms with van der Waals surface area (Å²) in [6.07, 6.45) is 3.16. The molecular weight excluding hydrogens is 234 g/mol. The monoisotopic (exact) mass is 241 g/mol. The average molecular weight is 242 g/mol. The molecule has 0 aliphatic carbocycles. The number of pyridine rings is 1. The molecule has 0 spiro atoms. The first-order valence-corrected chi connectivity index (χ1v) is 3.53. The zero-order valence-corrected chi connectivity index (χ0v) is 8.35. The topological polar surface area (TPSA) is 53.4 Å². The first kappa shape index (κ1) is 9.80. The van der Waals surface area contributed by atoms with Gasteiger partial charge in [-0.3, -0.25) is 4.98 Å². The second-order valence-electron chi connectivity index (χ2n) is 2.53. The lowest BCUT2D eigenvalue weighted by molar-refractivity contribution is 0.408. The van der Waals surface area contributed by atoms with Crippen LogP contribution in [0.1, 0.15) is 0 Å². The molecule has 0 fully saturated rings. The minimum absolute atomic E-state index is 0. The second kappa shape index (κ2) is 3.62. The highest BCUT2D eigenvalue weighted by atomic mass is 79.9. The van der Waals surface area contributed by atoms with Gasteiger partial charge in [0, 0.05) is 17.8 Å². The SMILES string of the molecule is Br.Oc1ccc2ccncc2c1O. The quantitative estimate of drug-likeness (QED) is 0.696. The fourth-order valence-electron chi connectivity index (χ4n) is 1.13. The third-order valence-corrected chi connectivity index (χ3v) is 1.77. The van der Waals surface area contributed by atoms with E-state index in [9.17, 15) is 5.11 Å². The van der Waals surface area contributed by atoms with Crippen molar-refractivity contribution in [1.29, 1.82) is 0 Å². The molecular formula is C9H8BrNO2. The molecule has 0 saturated heterocycles. The van der Waals surface area contributed by atoms with Gasteiger partial charge >= 0.3 is 0 Å². The van der Waals surface area contributed by atoms with Crippen molar-refractivity contribution in [3.05, 3.63) is 30.6 Å². The molecule has 0 amide bonds. The molecule has 0 aliphatic rings. The van der Waals surface area contributed by atoms with Crippen LogP contribution in [0.4, 0.5) is 0 Å². The van der Waals surface area contributed by atoms with Gasteiger partial charge in [0.1, 0.15) is 0 Å². The maximum absolute atomic E-state index is 9.37. The number of fused-ring (bicyclic) bond motifs is 1. The van der Waals surface area contributed by atoms with E-state index in [2.05, 4.69) is 4.98 Å². The van der Waals surface area contributed by atoms with Crippen molar-refractivity contribution in [3.8, 4) is 11.5 Å². The van der Waals surface area contributed by atoms with Gasteiger partial charge in [0.15, 0.2) is 11.5 Å². The van der Waals surface area contributed by atoms with Crippen molar-refractivity contribution in [2.45, 2.75) is 0 Å². The number of nitrogens with zero attached hydrogens (tertiary/aromatic N) is 1. The molecule has 0 atom stereocenters. The number of aromatic nitrogens is 1. The number of hydrogen-bond acceptors (Lipinski definition) is 3. The Morgan fingerprint density at radius 3 is 2.62 bits per heavy atom. The van der Waals surface area contributed by atoms with Crippen LogP contribution in [0.2, 0.25) is 0 Å². The maximum Gasteiger partial charge on any atom is 0.166 e. The van der Waals surface area contributed by atoms with Gasteiger partial charge in [0.2, 0.25) is 0 Å². The highest BCUT2D eigenvalue weighted by molar-refractivity contribution is 8.93. The van der Waals surface area contributed by atoms with Crippen molar-refractivity contribution in [2.24, 2.45) is 0 Å². The van der Waals surface area contributed by atoms with Crippen molar-refractivity contribution >= 4 is 27.8 Å². The molecule has 1 heterocycles. The van der Waals surface area contributed by atoms with Crippen LogP contribution in [0.25, 0.3) is 10.8 Å². The van der Waals surface area contributed by atoms with Crippen molar-refractivity contribution in [3.63, 3.8) is 0 Å². The van der Waals surface area contributed by atoms with Gasteiger partial charge in [-0.1, -0.05) is 6.07 Å². The summed E-state index contributed by atoms with van der Waals surface area (Å²) in [5.74, 6) is -0.226. The number of phenolic OH excluding ortho intramolecular Hbond substituents is 2. The molecule has 2 N–H and O–H groups in total. The molecule has 3 nitrogen and oxygen atoms in total. The zero-order chi connectivity index (χ0) is 8.55. The van der Waals surface area contributed by atoms with Crippen LogP contribution in [0.3, 0.4) is 0 Å². The number of hydrogen-bond donors (Lipinski definition) is 2. The highest BCUT2D eigenvalue weighted by Gasteiger charge is 2.03. The Hall–Kier alpha value is -1.29. The van der Waals surface area contributed by atoms with E-state index in [1.807, 2.05) is 0 Å². The van der Waals surface area contributed by atoms with Gasteiger partial charge in [-0.25, -0.2) is 0 Å². The number of benzene rings is 1. The Balaban J connectivity index is 0.000000845. The van der Waals surface area contributed by atoms with E-state index in [0.29, 0.717) is 5.39 Å². The smallest absolute Gasteiger partial charge is 0.166 e. The summed E-state index contributed by atoms with van der Waals surface area (Å²) in [6.45, 7) is 0. The molecule has 4 heteroatoms. The van der Waals surface area contributed by atoms with E-state index in [-0.39, 0.29) is 28.5 Å². The van der Waals surface area contributed by atoms with E-state index in [1.54, 1.807) is 18.3 Å². The predicted molar refractivity (Wildman–Crippen MR) is 55.4 cm³/mol. The first-order valence-electron chi connectivity index (χ1n) is 3.53. The number of rotatable bonds is 0. The Kier molecular flexibility index (Phi) is 2.72. The molecule has 0 radical (unpaired) electrons. The largest absolute Gasteiger partial charge is 0.504 e. The highest BCUT2D eigenvalue weighted by Crippen LogP contribution is 2.32. The molecule has 0 bridgehead atoms. The number of aromatic hydroxyl groups is 2. The lowest BCUT2D eigenvalue weighted by atomic mass is 10.1. The van der Waals surface area contributed by atoms with Gasteiger partial charge < -0.3 is 10.2 Å². The molecule has 2 aromatic rings. The summed E-state index contributed by atoms with van der Waals surface area (Å²) in [5.41, 5.74) is 0. The Labute approximate surface area is 85.4 Å². The molecule has 1 aromatic carbocycles. The minimum atomic E-state index is -0.115. The van der Waals surface area contributed by atoms with Crippen LogP contribution in [-0.2, 0) is 0 Å². The third-order valence-electron chi connectivity index (χ3n) is 1.77. The molecule has 2 rings (SSSR count). The van der Waals surface area contributed by atoms with Gasteiger partial charge in [-0.05, 0) is 17.5 Å². The van der Waals surface area contributed by atoms with Gasteiger partial charge in [-0.15, -0.1) is 17.0 Å². The fourth-order valence-corrected chi connectivity index (χ4v) is 1.13. The second-order valence-corrected chi connectivity index (χ2v) is 2.53. The lowest BCUT2D eigenvalue weighted by Gasteiger charge is -2.00. The van der Waals surface area contributed by atoms with E-state index in [0.717, 1.165) is 5.39 Å². The van der Waals surface area contributed by atoms with E-state index in [4.69, 9.17) is 5.11 Å². The lowest BCUT2D eigenvalue weighted by Crippen LogP contribution is -1.76. The van der Waals surface area contributed by atoms with Crippen LogP contribution in [-0.4, -0.2) is 15.2 Å². The standard InChI is InChI=1S/C9H7NO2.BrH/c11-8-2-1-6-3-4-10-5-7(6)9(8)12;/h1-5,11-12H;1H. The molecule has 1 aromatic heterocycles. The third kappa shape index (κ3) is 1.58. The Morgan fingerprint density at radius 2 is 1.85 bits per heavy atom. The summed E-state index contributed by atoms with van der Waals surface area (Å²) in [4.78, 5) is 3.84. The summed E-state index contributed by atoms with van der Waals surface area (Å²) in [6, 6.07) is 4.96. The van der Waals surface area contributed by atoms with Crippen molar-refractivity contribution < 1.29 is 10.2 Å². The van der Waals surface area contributed by atoms with Crippen LogP contribution in [0.15, 0.2) is 30.6 Å². The van der Waals surface area contributed by atoms with E-state index in [1.165, 1.54) is 12.3 Å². The van der Waals surface area contributed by atoms with E-state index >= 15 is 0 Å². The Bertz CT molecular complexity index is 431. The van der Waals surface area contributed by atoms with Crippen LogP contribution >= 0.6 is 17.0 Å². The summed E-state index contributed by atoms with van der Waals surface area (Å²) in [7, 11) is 0. The van der Waals surface area contributed by atoms with E-state index < -0.39 is 0 Å². The zero-order valence-electron chi connectivity index (χ0n) is 6.64. The summed E-state index contributed by atoms with van der Waals surface area (Å²) >= 11 is 0. The Morgan fingerprint density at radius 1 is 1.08 bits per heavy atom.